The maximum absolute atomic E-state index is 12.3. The van der Waals surface area contributed by atoms with E-state index < -0.39 is 0 Å². The van der Waals surface area contributed by atoms with Gasteiger partial charge in [0.05, 0.1) is 13.7 Å². The first-order valence-electron chi connectivity index (χ1n) is 8.36. The highest BCUT2D eigenvalue weighted by Gasteiger charge is 2.15. The lowest BCUT2D eigenvalue weighted by atomic mass is 10.1. The summed E-state index contributed by atoms with van der Waals surface area (Å²) in [6.07, 6.45) is -0.219. The Balaban J connectivity index is 1.55. The van der Waals surface area contributed by atoms with Gasteiger partial charge < -0.3 is 19.3 Å². The Kier molecular flexibility index (Phi) is 5.98. The van der Waals surface area contributed by atoms with Gasteiger partial charge in [-0.1, -0.05) is 16.8 Å². The minimum absolute atomic E-state index is 0.208. The predicted molar refractivity (Wildman–Crippen MR) is 102 cm³/mol. The van der Waals surface area contributed by atoms with E-state index in [4.69, 9.17) is 25.6 Å². The molecule has 0 fully saturated rings. The summed E-state index contributed by atoms with van der Waals surface area (Å²) in [5.74, 6) is 1.61. The van der Waals surface area contributed by atoms with Crippen LogP contribution in [0.1, 0.15) is 17.4 Å². The summed E-state index contributed by atoms with van der Waals surface area (Å²) < 4.78 is 16.1. The fraction of sp³-hybridized carbons (Fsp3) is 0.200. The minimum atomic E-state index is -0.329. The van der Waals surface area contributed by atoms with Crippen molar-refractivity contribution in [2.45, 2.75) is 13.0 Å². The SMILES string of the molecule is COc1ccc(-c2cc(C(=O)NC[C@H](C)Oc3ccc(Cl)cc3)no2)cc1. The third kappa shape index (κ3) is 5.01. The molecule has 1 N–H and O–H groups in total. The first-order valence-corrected chi connectivity index (χ1v) is 8.74. The number of methoxy groups -OCH3 is 1. The number of carbonyl (C=O) groups is 1. The molecule has 3 aromatic rings. The number of hydrogen-bond donors (Lipinski definition) is 1. The van der Waals surface area contributed by atoms with Crippen molar-refractivity contribution in [3.05, 3.63) is 65.3 Å². The Hall–Kier alpha value is -2.99. The van der Waals surface area contributed by atoms with Crippen LogP contribution < -0.4 is 14.8 Å². The molecule has 0 aliphatic rings. The zero-order valence-corrected chi connectivity index (χ0v) is 15.7. The van der Waals surface area contributed by atoms with Crippen LogP contribution in [0.5, 0.6) is 11.5 Å². The first kappa shape index (κ1) is 18.8. The van der Waals surface area contributed by atoms with Crippen LogP contribution in [-0.4, -0.2) is 30.8 Å². The number of nitrogens with one attached hydrogen (secondary N) is 1. The van der Waals surface area contributed by atoms with Crippen LogP contribution in [0.3, 0.4) is 0 Å². The topological polar surface area (TPSA) is 73.6 Å². The summed E-state index contributed by atoms with van der Waals surface area (Å²) in [6.45, 7) is 2.19. The van der Waals surface area contributed by atoms with Gasteiger partial charge in [0.25, 0.3) is 5.91 Å². The van der Waals surface area contributed by atoms with Crippen LogP contribution in [0.2, 0.25) is 5.02 Å². The number of aromatic nitrogens is 1. The molecule has 0 aliphatic heterocycles. The van der Waals surface area contributed by atoms with Gasteiger partial charge in [-0.3, -0.25) is 4.79 Å². The molecule has 1 heterocycles. The van der Waals surface area contributed by atoms with Crippen LogP contribution in [0, 0.1) is 0 Å². The Morgan fingerprint density at radius 2 is 1.81 bits per heavy atom. The number of benzene rings is 2. The van der Waals surface area contributed by atoms with Crippen molar-refractivity contribution < 1.29 is 18.8 Å². The Labute approximate surface area is 162 Å². The van der Waals surface area contributed by atoms with Gasteiger partial charge in [0, 0.05) is 16.7 Å². The standard InChI is InChI=1S/C20H19ClN2O4/c1-13(26-17-9-5-15(21)6-10-17)12-22-20(24)18-11-19(27-23-18)14-3-7-16(25-2)8-4-14/h3-11,13H,12H2,1-2H3,(H,22,24)/t13-/m0/s1. The molecular formula is C20H19ClN2O4. The van der Waals surface area contributed by atoms with E-state index in [1.165, 1.54) is 0 Å². The van der Waals surface area contributed by atoms with Crippen LogP contribution in [0.4, 0.5) is 0 Å². The number of halogens is 1. The zero-order valence-electron chi connectivity index (χ0n) is 14.9. The molecule has 0 saturated heterocycles. The molecule has 1 aromatic heterocycles. The largest absolute Gasteiger partial charge is 0.497 e. The lowest BCUT2D eigenvalue weighted by molar-refractivity contribution is 0.0923. The van der Waals surface area contributed by atoms with Crippen LogP contribution >= 0.6 is 11.6 Å². The summed E-state index contributed by atoms with van der Waals surface area (Å²) in [7, 11) is 1.60. The maximum atomic E-state index is 12.3. The van der Waals surface area contributed by atoms with E-state index in [1.807, 2.05) is 31.2 Å². The molecule has 27 heavy (non-hydrogen) atoms. The van der Waals surface area contributed by atoms with E-state index in [0.717, 1.165) is 11.3 Å². The Morgan fingerprint density at radius 1 is 1.15 bits per heavy atom. The second kappa shape index (κ2) is 8.60. The van der Waals surface area contributed by atoms with E-state index in [9.17, 15) is 4.79 Å². The van der Waals surface area contributed by atoms with Crippen LogP contribution in [-0.2, 0) is 0 Å². The van der Waals surface area contributed by atoms with Crippen molar-refractivity contribution in [3.8, 4) is 22.8 Å². The van der Waals surface area contributed by atoms with Gasteiger partial charge in [0.15, 0.2) is 11.5 Å². The van der Waals surface area contributed by atoms with E-state index in [2.05, 4.69) is 10.5 Å². The lowest BCUT2D eigenvalue weighted by Gasteiger charge is -2.15. The number of nitrogens with zero attached hydrogens (tertiary/aromatic N) is 1. The fourth-order valence-electron chi connectivity index (χ4n) is 2.39. The molecule has 7 heteroatoms. The molecule has 0 aliphatic carbocycles. The molecule has 1 atom stereocenters. The molecule has 140 valence electrons. The zero-order chi connectivity index (χ0) is 19.2. The average molecular weight is 387 g/mol. The van der Waals surface area contributed by atoms with Crippen molar-refractivity contribution in [2.75, 3.05) is 13.7 Å². The maximum Gasteiger partial charge on any atom is 0.273 e. The van der Waals surface area contributed by atoms with Crippen molar-refractivity contribution in [2.24, 2.45) is 0 Å². The molecule has 1 amide bonds. The normalized spacial score (nSPS) is 11.7. The first-order chi connectivity index (χ1) is 13.0. The molecule has 3 rings (SSSR count). The smallest absolute Gasteiger partial charge is 0.273 e. The van der Waals surface area contributed by atoms with Crippen molar-refractivity contribution in [3.63, 3.8) is 0 Å². The second-order valence-electron chi connectivity index (χ2n) is 5.90. The summed E-state index contributed by atoms with van der Waals surface area (Å²) in [5.41, 5.74) is 1.02. The number of hydrogen-bond acceptors (Lipinski definition) is 5. The molecule has 2 aromatic carbocycles. The average Bonchev–Trinajstić information content (AvgIpc) is 3.18. The minimum Gasteiger partial charge on any atom is -0.497 e. The van der Waals surface area contributed by atoms with Gasteiger partial charge in [-0.25, -0.2) is 0 Å². The summed E-state index contributed by atoms with van der Waals surface area (Å²) in [6, 6.07) is 15.9. The van der Waals surface area contributed by atoms with E-state index in [1.54, 1.807) is 37.4 Å². The highest BCUT2D eigenvalue weighted by Crippen LogP contribution is 2.23. The van der Waals surface area contributed by atoms with Gasteiger partial charge in [-0.2, -0.15) is 0 Å². The quantitative estimate of drug-likeness (QED) is 0.658. The molecule has 0 saturated carbocycles. The van der Waals surface area contributed by atoms with Crippen molar-refractivity contribution >= 4 is 17.5 Å². The van der Waals surface area contributed by atoms with Crippen molar-refractivity contribution in [1.29, 1.82) is 0 Å². The molecule has 6 nitrogen and oxygen atoms in total. The van der Waals surface area contributed by atoms with E-state index in [-0.39, 0.29) is 17.7 Å². The van der Waals surface area contributed by atoms with Crippen molar-refractivity contribution in [1.82, 2.24) is 10.5 Å². The molecule has 0 unspecified atom stereocenters. The fourth-order valence-corrected chi connectivity index (χ4v) is 2.51. The third-order valence-electron chi connectivity index (χ3n) is 3.82. The molecule has 0 bridgehead atoms. The summed E-state index contributed by atoms with van der Waals surface area (Å²) in [5, 5.41) is 7.25. The Bertz CT molecular complexity index is 891. The third-order valence-corrected chi connectivity index (χ3v) is 4.07. The van der Waals surface area contributed by atoms with E-state index >= 15 is 0 Å². The Morgan fingerprint density at radius 3 is 2.48 bits per heavy atom. The summed E-state index contributed by atoms with van der Waals surface area (Å²) >= 11 is 5.85. The predicted octanol–water partition coefficient (Wildman–Crippen LogP) is 4.20. The monoisotopic (exact) mass is 386 g/mol. The number of rotatable bonds is 7. The number of carbonyl (C=O) groups excluding carboxylic acids is 1. The second-order valence-corrected chi connectivity index (χ2v) is 6.33. The number of ether oxygens (including phenoxy) is 2. The van der Waals surface area contributed by atoms with Gasteiger partial charge in [-0.15, -0.1) is 0 Å². The highest BCUT2D eigenvalue weighted by molar-refractivity contribution is 6.30. The van der Waals surface area contributed by atoms with E-state index in [0.29, 0.717) is 23.1 Å². The van der Waals surface area contributed by atoms with Crippen LogP contribution in [0.25, 0.3) is 11.3 Å². The van der Waals surface area contributed by atoms with Gasteiger partial charge in [0.1, 0.15) is 17.6 Å². The molecule has 0 spiro atoms. The lowest BCUT2D eigenvalue weighted by Crippen LogP contribution is -2.33. The molecule has 0 radical (unpaired) electrons. The van der Waals surface area contributed by atoms with Crippen LogP contribution in [0.15, 0.2) is 59.1 Å². The van der Waals surface area contributed by atoms with Gasteiger partial charge in [-0.05, 0) is 55.5 Å². The molecular weight excluding hydrogens is 368 g/mol. The van der Waals surface area contributed by atoms with Gasteiger partial charge >= 0.3 is 0 Å². The van der Waals surface area contributed by atoms with Gasteiger partial charge in [0.2, 0.25) is 0 Å². The highest BCUT2D eigenvalue weighted by atomic mass is 35.5. The summed E-state index contributed by atoms with van der Waals surface area (Å²) in [4.78, 5) is 12.3. The number of amides is 1.